The molecule has 1 aromatic rings. The van der Waals surface area contributed by atoms with Gasteiger partial charge >= 0.3 is 5.97 Å². The molecule has 3 nitrogen and oxygen atoms in total. The fourth-order valence-corrected chi connectivity index (χ4v) is 1.53. The number of ether oxygens (including phenoxy) is 1. The van der Waals surface area contributed by atoms with Crippen LogP contribution in [0.15, 0.2) is 18.2 Å². The molecule has 0 unspecified atom stereocenters. The standard InChI is InChI=1S/C11H13NO2/c1-12(2)9-5-3-8-4-6-11(13)14-10(8)7-9/h3,5,7H,4,6H2,1-2H3. The summed E-state index contributed by atoms with van der Waals surface area (Å²) in [7, 11) is 3.93. The SMILES string of the molecule is CN(C)c1ccc2c(c1)OC(=O)CC2. The van der Waals surface area contributed by atoms with Crippen LogP contribution in [-0.4, -0.2) is 20.1 Å². The van der Waals surface area contributed by atoms with E-state index in [9.17, 15) is 4.79 Å². The number of hydrogen-bond acceptors (Lipinski definition) is 3. The number of fused-ring (bicyclic) bond motifs is 1. The molecule has 0 saturated heterocycles. The number of carbonyl (C=O) groups is 1. The summed E-state index contributed by atoms with van der Waals surface area (Å²) in [5, 5.41) is 0. The molecule has 1 aliphatic heterocycles. The molecule has 3 heteroatoms. The number of esters is 1. The van der Waals surface area contributed by atoms with Crippen LogP contribution < -0.4 is 9.64 Å². The fourth-order valence-electron chi connectivity index (χ4n) is 1.53. The molecular weight excluding hydrogens is 178 g/mol. The number of benzene rings is 1. The largest absolute Gasteiger partial charge is 0.426 e. The fraction of sp³-hybridized carbons (Fsp3) is 0.364. The van der Waals surface area contributed by atoms with Gasteiger partial charge in [-0.1, -0.05) is 6.07 Å². The van der Waals surface area contributed by atoms with Gasteiger partial charge in [0.25, 0.3) is 0 Å². The van der Waals surface area contributed by atoms with Crippen LogP contribution in [-0.2, 0) is 11.2 Å². The summed E-state index contributed by atoms with van der Waals surface area (Å²) in [6.07, 6.45) is 1.29. The number of rotatable bonds is 1. The Morgan fingerprint density at radius 3 is 2.79 bits per heavy atom. The molecule has 0 N–H and O–H groups in total. The van der Waals surface area contributed by atoms with Gasteiger partial charge in [0.15, 0.2) is 0 Å². The minimum absolute atomic E-state index is 0.131. The van der Waals surface area contributed by atoms with Crippen LogP contribution in [0.4, 0.5) is 5.69 Å². The van der Waals surface area contributed by atoms with E-state index in [1.165, 1.54) is 0 Å². The highest BCUT2D eigenvalue weighted by Gasteiger charge is 2.17. The molecule has 0 spiro atoms. The third kappa shape index (κ3) is 1.58. The maximum atomic E-state index is 11.1. The van der Waals surface area contributed by atoms with Crippen LogP contribution in [0.3, 0.4) is 0 Å². The Bertz CT molecular complexity index is 372. The second kappa shape index (κ2) is 3.33. The lowest BCUT2D eigenvalue weighted by Crippen LogP contribution is -2.16. The molecule has 74 valence electrons. The van der Waals surface area contributed by atoms with E-state index in [1.807, 2.05) is 37.2 Å². The normalized spacial score (nSPS) is 14.6. The summed E-state index contributed by atoms with van der Waals surface area (Å²) in [5.74, 6) is 0.584. The minimum atomic E-state index is -0.131. The van der Waals surface area contributed by atoms with Crippen molar-refractivity contribution >= 4 is 11.7 Å². The Morgan fingerprint density at radius 2 is 2.07 bits per heavy atom. The number of aryl methyl sites for hydroxylation is 1. The van der Waals surface area contributed by atoms with Gasteiger partial charge < -0.3 is 9.64 Å². The number of anilines is 1. The lowest BCUT2D eigenvalue weighted by atomic mass is 10.1. The minimum Gasteiger partial charge on any atom is -0.426 e. The molecule has 0 radical (unpaired) electrons. The van der Waals surface area contributed by atoms with E-state index in [1.54, 1.807) is 0 Å². The van der Waals surface area contributed by atoms with Crippen molar-refractivity contribution in [1.29, 1.82) is 0 Å². The highest BCUT2D eigenvalue weighted by molar-refractivity contribution is 5.76. The maximum absolute atomic E-state index is 11.1. The van der Waals surface area contributed by atoms with Crippen molar-refractivity contribution in [1.82, 2.24) is 0 Å². The third-order valence-corrected chi connectivity index (χ3v) is 2.39. The van der Waals surface area contributed by atoms with E-state index in [2.05, 4.69) is 0 Å². The van der Waals surface area contributed by atoms with Gasteiger partial charge in [-0.2, -0.15) is 0 Å². The van der Waals surface area contributed by atoms with E-state index in [0.717, 1.165) is 17.7 Å². The first-order chi connectivity index (χ1) is 6.66. The molecule has 1 heterocycles. The first-order valence-corrected chi connectivity index (χ1v) is 4.68. The summed E-state index contributed by atoms with van der Waals surface area (Å²) in [4.78, 5) is 13.1. The number of carbonyl (C=O) groups excluding carboxylic acids is 1. The van der Waals surface area contributed by atoms with Crippen LogP contribution in [0.1, 0.15) is 12.0 Å². The Morgan fingerprint density at radius 1 is 1.29 bits per heavy atom. The summed E-state index contributed by atoms with van der Waals surface area (Å²) in [5.41, 5.74) is 2.17. The highest BCUT2D eigenvalue weighted by Crippen LogP contribution is 2.29. The molecule has 0 aromatic heterocycles. The second-order valence-electron chi connectivity index (χ2n) is 3.66. The average molecular weight is 191 g/mol. The zero-order chi connectivity index (χ0) is 10.1. The molecule has 0 amide bonds. The highest BCUT2D eigenvalue weighted by atomic mass is 16.5. The molecule has 1 aliphatic rings. The Balaban J connectivity index is 2.37. The van der Waals surface area contributed by atoms with Crippen LogP contribution in [0, 0.1) is 0 Å². The van der Waals surface area contributed by atoms with Crippen molar-refractivity contribution in [3.63, 3.8) is 0 Å². The van der Waals surface area contributed by atoms with E-state index in [0.29, 0.717) is 12.2 Å². The Labute approximate surface area is 83.3 Å². The van der Waals surface area contributed by atoms with Crippen LogP contribution in [0.5, 0.6) is 5.75 Å². The quantitative estimate of drug-likeness (QED) is 0.499. The topological polar surface area (TPSA) is 29.5 Å². The van der Waals surface area contributed by atoms with E-state index in [4.69, 9.17) is 4.74 Å². The molecule has 2 rings (SSSR count). The van der Waals surface area contributed by atoms with E-state index < -0.39 is 0 Å². The lowest BCUT2D eigenvalue weighted by molar-refractivity contribution is -0.135. The monoisotopic (exact) mass is 191 g/mol. The molecule has 0 aliphatic carbocycles. The molecule has 1 aromatic carbocycles. The Hall–Kier alpha value is -1.51. The van der Waals surface area contributed by atoms with Crippen LogP contribution in [0.2, 0.25) is 0 Å². The van der Waals surface area contributed by atoms with Crippen molar-refractivity contribution in [3.8, 4) is 5.75 Å². The maximum Gasteiger partial charge on any atom is 0.311 e. The first-order valence-electron chi connectivity index (χ1n) is 4.68. The number of nitrogens with zero attached hydrogens (tertiary/aromatic N) is 1. The van der Waals surface area contributed by atoms with Gasteiger partial charge in [0.1, 0.15) is 5.75 Å². The van der Waals surface area contributed by atoms with Crippen molar-refractivity contribution in [3.05, 3.63) is 23.8 Å². The van der Waals surface area contributed by atoms with Crippen molar-refractivity contribution in [2.24, 2.45) is 0 Å². The smallest absolute Gasteiger partial charge is 0.311 e. The predicted molar refractivity (Wildman–Crippen MR) is 54.7 cm³/mol. The van der Waals surface area contributed by atoms with Crippen LogP contribution >= 0.6 is 0 Å². The van der Waals surface area contributed by atoms with Gasteiger partial charge in [-0.25, -0.2) is 0 Å². The van der Waals surface area contributed by atoms with Gasteiger partial charge in [0, 0.05) is 25.8 Å². The first kappa shape index (κ1) is 9.06. The van der Waals surface area contributed by atoms with Crippen molar-refractivity contribution < 1.29 is 9.53 Å². The molecule has 0 saturated carbocycles. The molecule has 0 fully saturated rings. The van der Waals surface area contributed by atoms with Gasteiger partial charge in [0.2, 0.25) is 0 Å². The lowest BCUT2D eigenvalue weighted by Gasteiger charge is -2.19. The molecule has 14 heavy (non-hydrogen) atoms. The van der Waals surface area contributed by atoms with Gasteiger partial charge in [-0.05, 0) is 18.1 Å². The predicted octanol–water partition coefficient (Wildman–Crippen LogP) is 1.60. The second-order valence-corrected chi connectivity index (χ2v) is 3.66. The van der Waals surface area contributed by atoms with Gasteiger partial charge in [-0.3, -0.25) is 4.79 Å². The van der Waals surface area contributed by atoms with Gasteiger partial charge in [-0.15, -0.1) is 0 Å². The van der Waals surface area contributed by atoms with E-state index >= 15 is 0 Å². The summed E-state index contributed by atoms with van der Waals surface area (Å²) in [6, 6.07) is 5.97. The summed E-state index contributed by atoms with van der Waals surface area (Å²) in [6.45, 7) is 0. The van der Waals surface area contributed by atoms with E-state index in [-0.39, 0.29) is 5.97 Å². The number of hydrogen-bond donors (Lipinski definition) is 0. The zero-order valence-electron chi connectivity index (χ0n) is 8.41. The third-order valence-electron chi connectivity index (χ3n) is 2.39. The summed E-state index contributed by atoms with van der Waals surface area (Å²) >= 11 is 0. The van der Waals surface area contributed by atoms with Crippen molar-refractivity contribution in [2.45, 2.75) is 12.8 Å². The van der Waals surface area contributed by atoms with Crippen molar-refractivity contribution in [2.75, 3.05) is 19.0 Å². The molecular formula is C11H13NO2. The van der Waals surface area contributed by atoms with Crippen LogP contribution in [0.25, 0.3) is 0 Å². The average Bonchev–Trinajstić information content (AvgIpc) is 2.16. The summed E-state index contributed by atoms with van der Waals surface area (Å²) < 4.78 is 5.16. The zero-order valence-corrected chi connectivity index (χ0v) is 8.41. The van der Waals surface area contributed by atoms with Gasteiger partial charge in [0.05, 0.1) is 6.42 Å². The Kier molecular flexibility index (Phi) is 2.15. The molecule has 0 atom stereocenters. The molecule has 0 bridgehead atoms.